The quantitative estimate of drug-likeness (QED) is 0.833. The van der Waals surface area contributed by atoms with Gasteiger partial charge in [-0.05, 0) is 39.0 Å². The van der Waals surface area contributed by atoms with E-state index in [4.69, 9.17) is 9.97 Å². The topological polar surface area (TPSA) is 78.4 Å². The molecule has 1 saturated heterocycles. The third kappa shape index (κ3) is 4.02. The van der Waals surface area contributed by atoms with E-state index in [1.54, 1.807) is 6.92 Å². The molecule has 6 heteroatoms. The number of aliphatic hydroxyl groups excluding tert-OH is 1. The number of nitrogens with zero attached hydrogens (tertiary/aromatic N) is 3. The Bertz CT molecular complexity index is 830. The van der Waals surface area contributed by atoms with E-state index < -0.39 is 6.10 Å². The minimum absolute atomic E-state index is 0.0125. The van der Waals surface area contributed by atoms with Crippen LogP contribution in [0.5, 0.6) is 0 Å². The van der Waals surface area contributed by atoms with Crippen LogP contribution in [0.4, 0.5) is 5.82 Å². The molecule has 1 atom stereocenters. The lowest BCUT2D eigenvalue weighted by Gasteiger charge is -2.33. The molecule has 1 aromatic carbocycles. The zero-order chi connectivity index (χ0) is 19.5. The van der Waals surface area contributed by atoms with Gasteiger partial charge in [0, 0.05) is 42.4 Å². The third-order valence-electron chi connectivity index (χ3n) is 5.68. The lowest BCUT2D eigenvalue weighted by atomic mass is 9.95. The predicted octanol–water partition coefficient (Wildman–Crippen LogP) is 2.35. The standard InChI is InChI=1S/C22H28N4O2/c1-15(27)14-23-22(28)17-10-12-26(13-11-17)21-18-8-5-9-19(18)24-20(25-21)16-6-3-2-4-7-16/h2-4,6-7,15,17,27H,5,8-14H2,1H3,(H,23,28). The molecule has 1 aliphatic heterocycles. The summed E-state index contributed by atoms with van der Waals surface area (Å²) in [5, 5.41) is 12.2. The molecule has 2 aromatic rings. The van der Waals surface area contributed by atoms with Crippen molar-refractivity contribution in [1.29, 1.82) is 0 Å². The van der Waals surface area contributed by atoms with Gasteiger partial charge in [-0.15, -0.1) is 0 Å². The summed E-state index contributed by atoms with van der Waals surface area (Å²) in [5.41, 5.74) is 3.52. The number of aryl methyl sites for hydroxylation is 1. The number of benzene rings is 1. The second-order valence-corrected chi connectivity index (χ2v) is 7.87. The molecule has 4 rings (SSSR count). The first-order valence-corrected chi connectivity index (χ1v) is 10.3. The van der Waals surface area contributed by atoms with Crippen LogP contribution in [0.15, 0.2) is 30.3 Å². The summed E-state index contributed by atoms with van der Waals surface area (Å²) in [5.74, 6) is 1.93. The Morgan fingerprint density at radius 1 is 1.21 bits per heavy atom. The summed E-state index contributed by atoms with van der Waals surface area (Å²) in [6.07, 6.45) is 4.30. The van der Waals surface area contributed by atoms with E-state index >= 15 is 0 Å². The molecule has 148 valence electrons. The van der Waals surface area contributed by atoms with Crippen LogP contribution < -0.4 is 10.2 Å². The summed E-state index contributed by atoms with van der Waals surface area (Å²) in [6, 6.07) is 10.1. The van der Waals surface area contributed by atoms with Gasteiger partial charge in [0.15, 0.2) is 5.82 Å². The number of hydrogen-bond acceptors (Lipinski definition) is 5. The van der Waals surface area contributed by atoms with E-state index in [0.29, 0.717) is 6.54 Å². The molecule has 2 heterocycles. The molecule has 1 unspecified atom stereocenters. The number of rotatable bonds is 5. The first-order chi connectivity index (χ1) is 13.6. The number of hydrogen-bond donors (Lipinski definition) is 2. The van der Waals surface area contributed by atoms with Crippen molar-refractivity contribution < 1.29 is 9.90 Å². The normalized spacial score (nSPS) is 18.0. The monoisotopic (exact) mass is 380 g/mol. The predicted molar refractivity (Wildman–Crippen MR) is 109 cm³/mol. The van der Waals surface area contributed by atoms with Crippen LogP contribution in [0, 0.1) is 5.92 Å². The molecule has 2 N–H and O–H groups in total. The number of aliphatic hydroxyl groups is 1. The molecule has 28 heavy (non-hydrogen) atoms. The minimum Gasteiger partial charge on any atom is -0.392 e. The number of anilines is 1. The lowest BCUT2D eigenvalue weighted by Crippen LogP contribution is -2.42. The SMILES string of the molecule is CC(O)CNC(=O)C1CCN(c2nc(-c3ccccc3)nc3c2CCC3)CC1. The van der Waals surface area contributed by atoms with Gasteiger partial charge in [-0.25, -0.2) is 9.97 Å². The van der Waals surface area contributed by atoms with Crippen LogP contribution in [-0.4, -0.2) is 46.7 Å². The van der Waals surface area contributed by atoms with E-state index in [1.807, 2.05) is 18.2 Å². The van der Waals surface area contributed by atoms with Crippen molar-refractivity contribution in [3.63, 3.8) is 0 Å². The number of carbonyl (C=O) groups excluding carboxylic acids is 1. The smallest absolute Gasteiger partial charge is 0.223 e. The minimum atomic E-state index is -0.510. The third-order valence-corrected chi connectivity index (χ3v) is 5.68. The van der Waals surface area contributed by atoms with Gasteiger partial charge < -0.3 is 15.3 Å². The maximum absolute atomic E-state index is 12.3. The molecule has 1 fully saturated rings. The van der Waals surface area contributed by atoms with Crippen molar-refractivity contribution >= 4 is 11.7 Å². The average molecular weight is 380 g/mol. The van der Waals surface area contributed by atoms with Crippen LogP contribution in [0.1, 0.15) is 37.4 Å². The highest BCUT2D eigenvalue weighted by Crippen LogP contribution is 2.33. The Morgan fingerprint density at radius 3 is 2.68 bits per heavy atom. The molecule has 1 aromatic heterocycles. The van der Waals surface area contributed by atoms with Gasteiger partial charge in [-0.3, -0.25) is 4.79 Å². The highest BCUT2D eigenvalue weighted by molar-refractivity contribution is 5.79. The maximum atomic E-state index is 12.3. The second-order valence-electron chi connectivity index (χ2n) is 7.87. The maximum Gasteiger partial charge on any atom is 0.223 e. The Kier molecular flexibility index (Phi) is 5.57. The molecule has 0 spiro atoms. The molecule has 0 saturated carbocycles. The van der Waals surface area contributed by atoms with Crippen molar-refractivity contribution in [2.75, 3.05) is 24.5 Å². The van der Waals surface area contributed by atoms with E-state index in [9.17, 15) is 9.90 Å². The molecule has 2 aliphatic rings. The number of nitrogens with one attached hydrogen (secondary N) is 1. The fourth-order valence-corrected chi connectivity index (χ4v) is 4.14. The van der Waals surface area contributed by atoms with Crippen LogP contribution in [0.25, 0.3) is 11.4 Å². The Morgan fingerprint density at radius 2 is 1.96 bits per heavy atom. The van der Waals surface area contributed by atoms with E-state index in [-0.39, 0.29) is 11.8 Å². The van der Waals surface area contributed by atoms with Crippen molar-refractivity contribution in [3.8, 4) is 11.4 Å². The number of amides is 1. The van der Waals surface area contributed by atoms with E-state index in [2.05, 4.69) is 22.3 Å². The van der Waals surface area contributed by atoms with E-state index in [0.717, 1.165) is 62.4 Å². The van der Waals surface area contributed by atoms with Crippen LogP contribution in [0.3, 0.4) is 0 Å². The van der Waals surface area contributed by atoms with Crippen molar-refractivity contribution in [3.05, 3.63) is 41.6 Å². The summed E-state index contributed by atoms with van der Waals surface area (Å²) in [4.78, 5) is 24.4. The Labute approximate surface area is 166 Å². The molecule has 1 aliphatic carbocycles. The van der Waals surface area contributed by atoms with Gasteiger partial charge in [0.2, 0.25) is 5.91 Å². The molecule has 0 bridgehead atoms. The average Bonchev–Trinajstić information content (AvgIpc) is 3.21. The van der Waals surface area contributed by atoms with Gasteiger partial charge in [0.25, 0.3) is 0 Å². The Hall–Kier alpha value is -2.47. The zero-order valence-electron chi connectivity index (χ0n) is 16.4. The lowest BCUT2D eigenvalue weighted by molar-refractivity contribution is -0.126. The highest BCUT2D eigenvalue weighted by atomic mass is 16.3. The number of piperidine rings is 1. The second kappa shape index (κ2) is 8.27. The molecular formula is C22H28N4O2. The zero-order valence-corrected chi connectivity index (χ0v) is 16.4. The molecule has 1 amide bonds. The van der Waals surface area contributed by atoms with Gasteiger partial charge in [-0.1, -0.05) is 30.3 Å². The summed E-state index contributed by atoms with van der Waals surface area (Å²) in [7, 11) is 0. The van der Waals surface area contributed by atoms with Crippen LogP contribution >= 0.6 is 0 Å². The Balaban J connectivity index is 1.51. The van der Waals surface area contributed by atoms with Gasteiger partial charge >= 0.3 is 0 Å². The van der Waals surface area contributed by atoms with E-state index in [1.165, 1.54) is 11.3 Å². The summed E-state index contributed by atoms with van der Waals surface area (Å²) >= 11 is 0. The molecule has 0 radical (unpaired) electrons. The van der Waals surface area contributed by atoms with Crippen molar-refractivity contribution in [2.45, 2.75) is 45.1 Å². The number of fused-ring (bicyclic) bond motifs is 1. The summed E-state index contributed by atoms with van der Waals surface area (Å²) in [6.45, 7) is 3.65. The van der Waals surface area contributed by atoms with Crippen molar-refractivity contribution in [2.24, 2.45) is 5.92 Å². The first-order valence-electron chi connectivity index (χ1n) is 10.3. The number of carbonyl (C=O) groups is 1. The molecule has 6 nitrogen and oxygen atoms in total. The largest absolute Gasteiger partial charge is 0.392 e. The fourth-order valence-electron chi connectivity index (χ4n) is 4.14. The van der Waals surface area contributed by atoms with Crippen molar-refractivity contribution in [1.82, 2.24) is 15.3 Å². The van der Waals surface area contributed by atoms with Gasteiger partial charge in [-0.2, -0.15) is 0 Å². The van der Waals surface area contributed by atoms with Gasteiger partial charge in [0.05, 0.1) is 6.10 Å². The fraction of sp³-hybridized carbons (Fsp3) is 0.500. The first kappa shape index (κ1) is 18.9. The highest BCUT2D eigenvalue weighted by Gasteiger charge is 2.29. The van der Waals surface area contributed by atoms with Crippen LogP contribution in [-0.2, 0) is 17.6 Å². The van der Waals surface area contributed by atoms with Crippen LogP contribution in [0.2, 0.25) is 0 Å². The van der Waals surface area contributed by atoms with Gasteiger partial charge in [0.1, 0.15) is 5.82 Å². The summed E-state index contributed by atoms with van der Waals surface area (Å²) < 4.78 is 0. The molecular weight excluding hydrogens is 352 g/mol. The number of aromatic nitrogens is 2.